The largest absolute Gasteiger partial charge is 0.287 e. The van der Waals surface area contributed by atoms with Gasteiger partial charge in [0.1, 0.15) is 0 Å². The van der Waals surface area contributed by atoms with Gasteiger partial charge in [-0.1, -0.05) is 32.9 Å². The maximum Gasteiger partial charge on any atom is 0.189 e. The molecular formula is C12H18O2S. The van der Waals surface area contributed by atoms with Crippen molar-refractivity contribution in [2.24, 2.45) is 0 Å². The third-order valence-electron chi connectivity index (χ3n) is 2.14. The monoisotopic (exact) mass is 226 g/mol. The molecule has 0 aromatic heterocycles. The number of benzene rings is 1. The topological polar surface area (TPSA) is 26.3 Å². The van der Waals surface area contributed by atoms with E-state index in [-0.39, 0.29) is 5.41 Å². The maximum absolute atomic E-state index is 11.5. The molecule has 2 nitrogen and oxygen atoms in total. The van der Waals surface area contributed by atoms with E-state index < -0.39 is 11.1 Å². The van der Waals surface area contributed by atoms with Crippen molar-refractivity contribution >= 4 is 11.1 Å². The van der Waals surface area contributed by atoms with Crippen LogP contribution >= 0.6 is 0 Å². The predicted octanol–water partition coefficient (Wildman–Crippen LogP) is 3.04. The lowest BCUT2D eigenvalue weighted by Crippen LogP contribution is -2.10. The highest BCUT2D eigenvalue weighted by Gasteiger charge is 2.13. The standard InChI is InChI=1S/C12H18O2S/c1-5-14-15(13)11-8-6-10(7-9-11)12(2,3)4/h6-9H,5H2,1-4H3/t15-/m1/s1. The Morgan fingerprint density at radius 2 is 1.73 bits per heavy atom. The van der Waals surface area contributed by atoms with Crippen LogP contribution in [0.2, 0.25) is 0 Å². The molecular weight excluding hydrogens is 208 g/mol. The first-order chi connectivity index (χ1) is 6.95. The minimum Gasteiger partial charge on any atom is -0.287 e. The molecule has 1 atom stereocenters. The van der Waals surface area contributed by atoms with Crippen LogP contribution in [-0.2, 0) is 20.7 Å². The van der Waals surface area contributed by atoms with E-state index in [1.807, 2.05) is 31.2 Å². The zero-order valence-corrected chi connectivity index (χ0v) is 10.6. The Balaban J connectivity index is 2.86. The van der Waals surface area contributed by atoms with Gasteiger partial charge in [0.15, 0.2) is 11.1 Å². The van der Waals surface area contributed by atoms with Crippen LogP contribution in [0.15, 0.2) is 29.2 Å². The summed E-state index contributed by atoms with van der Waals surface area (Å²) in [6.07, 6.45) is 0. The SMILES string of the molecule is CCO[S@@](=O)c1ccc(C(C)(C)C)cc1. The first-order valence-electron chi connectivity index (χ1n) is 5.10. The molecule has 1 aromatic carbocycles. The first-order valence-corrected chi connectivity index (χ1v) is 6.18. The van der Waals surface area contributed by atoms with E-state index >= 15 is 0 Å². The van der Waals surface area contributed by atoms with Crippen LogP contribution in [0.1, 0.15) is 33.3 Å². The van der Waals surface area contributed by atoms with Crippen LogP contribution in [0, 0.1) is 0 Å². The normalized spacial score (nSPS) is 13.9. The fraction of sp³-hybridized carbons (Fsp3) is 0.500. The fourth-order valence-electron chi connectivity index (χ4n) is 1.24. The summed E-state index contributed by atoms with van der Waals surface area (Å²) in [5.41, 5.74) is 1.37. The van der Waals surface area contributed by atoms with Crippen LogP contribution in [0.4, 0.5) is 0 Å². The quantitative estimate of drug-likeness (QED) is 0.792. The smallest absolute Gasteiger partial charge is 0.189 e. The van der Waals surface area contributed by atoms with Gasteiger partial charge in [0, 0.05) is 0 Å². The average molecular weight is 226 g/mol. The summed E-state index contributed by atoms with van der Waals surface area (Å²) in [5.74, 6) is 0. The second-order valence-electron chi connectivity index (χ2n) is 4.42. The lowest BCUT2D eigenvalue weighted by atomic mass is 9.87. The third kappa shape index (κ3) is 3.43. The van der Waals surface area contributed by atoms with Crippen molar-refractivity contribution in [2.75, 3.05) is 6.61 Å². The Morgan fingerprint density at radius 3 is 2.13 bits per heavy atom. The van der Waals surface area contributed by atoms with Gasteiger partial charge in [-0.05, 0) is 30.0 Å². The molecule has 0 saturated carbocycles. The van der Waals surface area contributed by atoms with Gasteiger partial charge < -0.3 is 0 Å². The van der Waals surface area contributed by atoms with Crippen molar-refractivity contribution < 1.29 is 8.39 Å². The highest BCUT2D eigenvalue weighted by molar-refractivity contribution is 7.80. The van der Waals surface area contributed by atoms with E-state index in [4.69, 9.17) is 4.18 Å². The summed E-state index contributed by atoms with van der Waals surface area (Å²) in [6.45, 7) is 8.76. The molecule has 1 rings (SSSR count). The highest BCUT2D eigenvalue weighted by Crippen LogP contribution is 2.23. The van der Waals surface area contributed by atoms with Crippen molar-refractivity contribution in [3.05, 3.63) is 29.8 Å². The fourth-order valence-corrected chi connectivity index (χ4v) is 1.95. The highest BCUT2D eigenvalue weighted by atomic mass is 32.2. The Bertz CT molecular complexity index is 336. The molecule has 0 unspecified atom stereocenters. The second kappa shape index (κ2) is 4.90. The molecule has 1 aromatic rings. The van der Waals surface area contributed by atoms with E-state index in [0.717, 1.165) is 4.90 Å². The Kier molecular flexibility index (Phi) is 4.05. The Morgan fingerprint density at radius 1 is 1.20 bits per heavy atom. The molecule has 0 aliphatic carbocycles. The summed E-state index contributed by atoms with van der Waals surface area (Å²) < 4.78 is 16.5. The minimum absolute atomic E-state index is 0.131. The number of rotatable bonds is 3. The minimum atomic E-state index is -1.32. The van der Waals surface area contributed by atoms with Crippen LogP contribution in [-0.4, -0.2) is 10.8 Å². The van der Waals surface area contributed by atoms with Gasteiger partial charge in [-0.25, -0.2) is 4.21 Å². The molecule has 84 valence electrons. The summed E-state index contributed by atoms with van der Waals surface area (Å²) in [4.78, 5) is 0.727. The lowest BCUT2D eigenvalue weighted by molar-refractivity contribution is 0.371. The van der Waals surface area contributed by atoms with Gasteiger partial charge in [0.05, 0.1) is 11.5 Å². The molecule has 0 saturated heterocycles. The van der Waals surface area contributed by atoms with Gasteiger partial charge in [-0.15, -0.1) is 0 Å². The van der Waals surface area contributed by atoms with Crippen LogP contribution < -0.4 is 0 Å². The van der Waals surface area contributed by atoms with Gasteiger partial charge in [-0.3, -0.25) is 4.18 Å². The molecule has 0 heterocycles. The maximum atomic E-state index is 11.5. The third-order valence-corrected chi connectivity index (χ3v) is 3.24. The molecule has 0 spiro atoms. The summed E-state index contributed by atoms with van der Waals surface area (Å²) >= 11 is -1.32. The molecule has 0 bridgehead atoms. The molecule has 0 radical (unpaired) electrons. The van der Waals surface area contributed by atoms with Crippen LogP contribution in [0.3, 0.4) is 0 Å². The van der Waals surface area contributed by atoms with Crippen LogP contribution in [0.25, 0.3) is 0 Å². The summed E-state index contributed by atoms with van der Waals surface area (Å²) in [7, 11) is 0. The van der Waals surface area contributed by atoms with E-state index in [1.54, 1.807) is 0 Å². The lowest BCUT2D eigenvalue weighted by Gasteiger charge is -2.18. The molecule has 0 amide bonds. The van der Waals surface area contributed by atoms with E-state index in [2.05, 4.69) is 20.8 Å². The second-order valence-corrected chi connectivity index (χ2v) is 5.59. The molecule has 0 fully saturated rings. The predicted molar refractivity (Wildman–Crippen MR) is 63.2 cm³/mol. The van der Waals surface area contributed by atoms with Gasteiger partial charge in [0.2, 0.25) is 0 Å². The zero-order valence-electron chi connectivity index (χ0n) is 9.74. The van der Waals surface area contributed by atoms with Gasteiger partial charge >= 0.3 is 0 Å². The Hall–Kier alpha value is -0.670. The summed E-state index contributed by atoms with van der Waals surface area (Å²) in [6, 6.07) is 7.75. The van der Waals surface area contributed by atoms with E-state index in [0.29, 0.717) is 6.61 Å². The molecule has 15 heavy (non-hydrogen) atoms. The van der Waals surface area contributed by atoms with Crippen LogP contribution in [0.5, 0.6) is 0 Å². The number of hydrogen-bond donors (Lipinski definition) is 0. The van der Waals surface area contributed by atoms with E-state index in [9.17, 15) is 4.21 Å². The zero-order chi connectivity index (χ0) is 11.5. The molecule has 0 aliphatic rings. The van der Waals surface area contributed by atoms with Gasteiger partial charge in [0.25, 0.3) is 0 Å². The van der Waals surface area contributed by atoms with Gasteiger partial charge in [-0.2, -0.15) is 0 Å². The average Bonchev–Trinajstić information content (AvgIpc) is 2.17. The molecule has 0 aliphatic heterocycles. The van der Waals surface area contributed by atoms with Crippen molar-refractivity contribution in [2.45, 2.75) is 38.0 Å². The van der Waals surface area contributed by atoms with Crippen molar-refractivity contribution in [1.82, 2.24) is 0 Å². The van der Waals surface area contributed by atoms with Crippen molar-refractivity contribution in [1.29, 1.82) is 0 Å². The Labute approximate surface area is 94.3 Å². The first kappa shape index (κ1) is 12.4. The summed E-state index contributed by atoms with van der Waals surface area (Å²) in [5, 5.41) is 0. The van der Waals surface area contributed by atoms with Crippen molar-refractivity contribution in [3.8, 4) is 0 Å². The molecule has 0 N–H and O–H groups in total. The molecule has 3 heteroatoms. The van der Waals surface area contributed by atoms with Crippen molar-refractivity contribution in [3.63, 3.8) is 0 Å². The number of hydrogen-bond acceptors (Lipinski definition) is 2. The van der Waals surface area contributed by atoms with E-state index in [1.165, 1.54) is 5.56 Å².